The lowest BCUT2D eigenvalue weighted by molar-refractivity contribution is -0.337. The molecule has 3 aliphatic carbocycles. The van der Waals surface area contributed by atoms with Gasteiger partial charge in [0.15, 0.2) is 42.2 Å². The van der Waals surface area contributed by atoms with E-state index in [1.807, 2.05) is 33.3 Å². The normalized spacial score (nSPS) is 35.4. The molecule has 3 saturated heterocycles. The fourth-order valence-electron chi connectivity index (χ4n) is 11.4. The third-order valence-electron chi connectivity index (χ3n) is 15.8. The van der Waals surface area contributed by atoms with Crippen LogP contribution in [0, 0.1) is 5.92 Å². The largest absolute Gasteiger partial charge is 0.493 e. The standard InChI is InChI=1S/C57H84N4O20S4/c1-14-42(63)60-47-45-33(16-18-84-85-83-13)57(69,53(50(47)66)77-31-19-27(4)48(64)41(20-31)78-55(68)32-21-39(72-10)40(73-11)22-34(32)59-54(67)30(7)70-8)17-15-37(45)79-56-51(80-43-24-38(71-9)35(25-74-43)58-26(2)3)49(65)46(28(5)76-56)61-81-44-23-36(62)52(82-12)29(6)75-44/h15-17,21-22,26-29,31,35-38,41,43-44,46,48-49,51-53,56,58,61-62,64-65,69H,7,14,18-20,23-25H2,1-6,8-13H3,(H,59,67)(H,60,63)/b33-16+/t27-,28+,29+,31+,35?,36-,37-,38-,41+,43+,44-,46+,48-,49-,51-,52+,53+,56+,57+/m0/s1. The Kier molecular flexibility index (Phi) is 25.4. The van der Waals surface area contributed by atoms with Crippen molar-refractivity contribution in [3.05, 3.63) is 65.1 Å². The van der Waals surface area contributed by atoms with Gasteiger partial charge in [-0.1, -0.05) is 68.0 Å². The smallest absolute Gasteiger partial charge is 0.340 e. The van der Waals surface area contributed by atoms with E-state index in [0.29, 0.717) is 5.75 Å². The van der Waals surface area contributed by atoms with E-state index in [1.54, 1.807) is 34.0 Å². The van der Waals surface area contributed by atoms with E-state index >= 15 is 4.79 Å². The first kappa shape index (κ1) is 69.0. The number of hydroxylamine groups is 1. The molecule has 3 heterocycles. The van der Waals surface area contributed by atoms with Crippen molar-refractivity contribution in [2.24, 2.45) is 5.92 Å². The number of thioether (sulfide) groups is 1. The maximum absolute atomic E-state index is 15.4. The predicted molar refractivity (Wildman–Crippen MR) is 320 cm³/mol. The Balaban J connectivity index is 1.20. The Hall–Kier alpha value is -3.50. The van der Waals surface area contributed by atoms with Crippen LogP contribution >= 0.6 is 43.2 Å². The van der Waals surface area contributed by atoms with Gasteiger partial charge in [-0.25, -0.2) is 4.79 Å². The number of ketones is 1. The van der Waals surface area contributed by atoms with Gasteiger partial charge in [0.1, 0.15) is 30.0 Å². The molecule has 7 rings (SSSR count). The molecule has 2 bridgehead atoms. The maximum Gasteiger partial charge on any atom is 0.340 e. The lowest BCUT2D eigenvalue weighted by Crippen LogP contribution is -2.65. The molecular formula is C57H84N4O20S4. The maximum atomic E-state index is 15.4. The number of anilines is 1. The van der Waals surface area contributed by atoms with Crippen LogP contribution in [-0.2, 0) is 61.9 Å². The zero-order valence-electron chi connectivity index (χ0n) is 50.0. The van der Waals surface area contributed by atoms with Gasteiger partial charge in [0.2, 0.25) is 11.7 Å². The molecule has 0 spiro atoms. The average Bonchev–Trinajstić information content (AvgIpc) is 1.62. The van der Waals surface area contributed by atoms with Gasteiger partial charge in [-0.15, -0.1) is 0 Å². The van der Waals surface area contributed by atoms with Crippen LogP contribution in [0.25, 0.3) is 0 Å². The van der Waals surface area contributed by atoms with Gasteiger partial charge >= 0.3 is 5.97 Å². The number of esters is 1. The minimum atomic E-state index is -2.20. The minimum absolute atomic E-state index is 0.0381. The second kappa shape index (κ2) is 31.3. The zero-order chi connectivity index (χ0) is 62.0. The van der Waals surface area contributed by atoms with Crippen molar-refractivity contribution in [2.45, 2.75) is 189 Å². The quantitative estimate of drug-likeness (QED) is 0.0122. The van der Waals surface area contributed by atoms with E-state index in [9.17, 15) is 34.8 Å². The number of hydrogen-bond acceptors (Lipinski definition) is 26. The van der Waals surface area contributed by atoms with E-state index in [2.05, 4.69) is 28.0 Å². The third-order valence-corrected chi connectivity index (χ3v) is 20.7. The second-order valence-electron chi connectivity index (χ2n) is 21.8. The first-order valence-corrected chi connectivity index (χ1v) is 33.6. The number of Topliss-reactive ketones (excluding diaryl/α,β-unsaturated/α-hetero) is 1. The number of rotatable bonds is 26. The molecule has 19 atom stereocenters. The van der Waals surface area contributed by atoms with Gasteiger partial charge in [0.25, 0.3) is 5.91 Å². The van der Waals surface area contributed by atoms with E-state index < -0.39 is 115 Å². The van der Waals surface area contributed by atoms with Gasteiger partial charge < -0.3 is 88.5 Å². The number of aliphatic hydroxyl groups excluding tert-OH is 3. The summed E-state index contributed by atoms with van der Waals surface area (Å²) in [6.45, 7) is 14.7. The summed E-state index contributed by atoms with van der Waals surface area (Å²) in [4.78, 5) is 62.1. The summed E-state index contributed by atoms with van der Waals surface area (Å²) in [7, 11) is 10.1. The molecule has 85 heavy (non-hydrogen) atoms. The Labute approximate surface area is 512 Å². The number of carbonyl (C=O) groups excluding carboxylic acids is 4. The highest BCUT2D eigenvalue weighted by atomic mass is 33.5. The van der Waals surface area contributed by atoms with Gasteiger partial charge in [0, 0.05) is 62.3 Å². The Morgan fingerprint density at radius 1 is 0.906 bits per heavy atom. The highest BCUT2D eigenvalue weighted by Crippen LogP contribution is 2.47. The molecule has 0 radical (unpaired) electrons. The number of ether oxygens (including phenoxy) is 11. The lowest BCUT2D eigenvalue weighted by Gasteiger charge is -2.49. The van der Waals surface area contributed by atoms with E-state index in [1.165, 1.54) is 88.8 Å². The molecule has 6 aliphatic rings. The SMILES string of the molecule is C=C(OC)C(=O)Nc1cc(OC)c(OC)cc1C(=O)O[C@@H]1C[C@H](O[C@@H]2C(=O)C(NC(=O)CC)=C3/C(=C\CSSSC)[C@]2(O)C=C[C@@H]3O[C@H]2O[C@H](C)[C@@H](NO[C@H]3C[C@H](O)[C@H](SC)[C@@H](C)O3)[C@H](O)[C@@H]2O[C@@H]2C[C@H](OC)C(NC(C)C)CO2)C[C@H](C)[C@@H]1O. The Bertz CT molecular complexity index is 2590. The molecule has 28 heteroatoms. The molecule has 8 N–H and O–H groups in total. The summed E-state index contributed by atoms with van der Waals surface area (Å²) < 4.78 is 67.0. The zero-order valence-corrected chi connectivity index (χ0v) is 53.2. The predicted octanol–water partition coefficient (Wildman–Crippen LogP) is 4.24. The monoisotopic (exact) mass is 1270 g/mol. The van der Waals surface area contributed by atoms with Crippen LogP contribution in [-0.4, -0.2) is 212 Å². The summed E-state index contributed by atoms with van der Waals surface area (Å²) in [5.41, 5.74) is 0.604. The summed E-state index contributed by atoms with van der Waals surface area (Å²) in [5, 5.41) is 56.8. The molecule has 1 unspecified atom stereocenters. The van der Waals surface area contributed by atoms with Crippen LogP contribution in [0.2, 0.25) is 0 Å². The van der Waals surface area contributed by atoms with Crippen molar-refractivity contribution in [1.29, 1.82) is 0 Å². The van der Waals surface area contributed by atoms with Crippen molar-refractivity contribution in [3.63, 3.8) is 0 Å². The molecule has 3 aliphatic heterocycles. The van der Waals surface area contributed by atoms with E-state index in [0.717, 1.165) is 0 Å². The van der Waals surface area contributed by atoms with Crippen molar-refractivity contribution in [3.8, 4) is 11.5 Å². The van der Waals surface area contributed by atoms with Crippen LogP contribution < -0.4 is 30.9 Å². The number of nitrogens with one attached hydrogen (secondary N) is 4. The first-order chi connectivity index (χ1) is 40.5. The molecule has 0 aromatic heterocycles. The minimum Gasteiger partial charge on any atom is -0.493 e. The molecule has 1 aromatic rings. The lowest BCUT2D eigenvalue weighted by atomic mass is 9.69. The number of carbonyl (C=O) groups is 4. The summed E-state index contributed by atoms with van der Waals surface area (Å²) in [6.07, 6.45) is -5.80. The molecular weight excluding hydrogens is 1190 g/mol. The molecule has 476 valence electrons. The third kappa shape index (κ3) is 16.3. The highest BCUT2D eigenvalue weighted by molar-refractivity contribution is 9.09. The van der Waals surface area contributed by atoms with Crippen LogP contribution in [0.1, 0.15) is 84.0 Å². The second-order valence-corrected chi connectivity index (χ2v) is 27.2. The average molecular weight is 1270 g/mol. The number of amides is 2. The molecule has 4 fully saturated rings. The highest BCUT2D eigenvalue weighted by Gasteiger charge is 2.57. The number of benzene rings is 1. The van der Waals surface area contributed by atoms with Crippen molar-refractivity contribution in [1.82, 2.24) is 16.1 Å². The molecule has 1 saturated carbocycles. The Morgan fingerprint density at radius 3 is 2.28 bits per heavy atom. The van der Waals surface area contributed by atoms with Crippen LogP contribution in [0.3, 0.4) is 0 Å². The van der Waals surface area contributed by atoms with E-state index in [-0.39, 0.29) is 114 Å². The topological polar surface area (TPSA) is 308 Å². The van der Waals surface area contributed by atoms with Gasteiger partial charge in [-0.05, 0) is 60.2 Å². The van der Waals surface area contributed by atoms with Crippen molar-refractivity contribution < 1.29 is 96.5 Å². The fraction of sp³-hybridized carbons (Fsp3) is 0.684. The first-order valence-electron chi connectivity index (χ1n) is 28.2. The summed E-state index contributed by atoms with van der Waals surface area (Å²) in [5.74, 6) is -3.29. The summed E-state index contributed by atoms with van der Waals surface area (Å²) >= 11 is 1.49. The van der Waals surface area contributed by atoms with Gasteiger partial charge in [0.05, 0.1) is 98.8 Å². The fourth-order valence-corrected chi connectivity index (χ4v) is 14.6. The van der Waals surface area contributed by atoms with Crippen molar-refractivity contribution >= 4 is 72.4 Å². The number of fused-ring (bicyclic) bond motifs is 2. The molecule has 1 aromatic carbocycles. The van der Waals surface area contributed by atoms with Gasteiger partial charge in [-0.2, -0.15) is 17.2 Å². The van der Waals surface area contributed by atoms with Crippen LogP contribution in [0.4, 0.5) is 5.69 Å². The number of methoxy groups -OCH3 is 4. The van der Waals surface area contributed by atoms with Crippen molar-refractivity contribution in [2.75, 3.05) is 58.6 Å². The van der Waals surface area contributed by atoms with Crippen LogP contribution in [0.15, 0.2) is 59.5 Å². The van der Waals surface area contributed by atoms with Gasteiger partial charge in [-0.3, -0.25) is 19.2 Å². The Morgan fingerprint density at radius 2 is 1.64 bits per heavy atom. The number of hydrogen-bond donors (Lipinski definition) is 8. The van der Waals surface area contributed by atoms with E-state index in [4.69, 9.17) is 56.9 Å². The van der Waals surface area contributed by atoms with Crippen LogP contribution in [0.5, 0.6) is 11.5 Å². The summed E-state index contributed by atoms with van der Waals surface area (Å²) in [6, 6.07) is 1.66. The number of aliphatic hydroxyl groups is 4. The molecule has 2 amide bonds. The molecule has 24 nitrogen and oxygen atoms in total.